The third-order valence-electron chi connectivity index (χ3n) is 2.12. The van der Waals surface area contributed by atoms with Gasteiger partial charge in [-0.1, -0.05) is 6.07 Å². The van der Waals surface area contributed by atoms with Crippen LogP contribution in [0.15, 0.2) is 35.1 Å². The Morgan fingerprint density at radius 2 is 2.31 bits per heavy atom. The second-order valence-corrected chi connectivity index (χ2v) is 4.23. The van der Waals surface area contributed by atoms with E-state index in [1.54, 1.807) is 13.3 Å². The smallest absolute Gasteiger partial charge is 0.102 e. The average molecular weight is 282 g/mol. The van der Waals surface area contributed by atoms with Crippen molar-refractivity contribution in [2.24, 2.45) is 0 Å². The van der Waals surface area contributed by atoms with Gasteiger partial charge in [0, 0.05) is 19.5 Å². The van der Waals surface area contributed by atoms with E-state index in [1.807, 2.05) is 29.1 Å². The molecule has 84 valence electrons. The molecule has 0 aliphatic rings. The Hall–Kier alpha value is -1.20. The summed E-state index contributed by atoms with van der Waals surface area (Å²) in [6.45, 7) is 1.18. The molecule has 5 heteroatoms. The van der Waals surface area contributed by atoms with E-state index in [2.05, 4.69) is 26.0 Å². The molecule has 0 aliphatic heterocycles. The first-order valence-electron chi connectivity index (χ1n) is 4.90. The van der Waals surface area contributed by atoms with Crippen molar-refractivity contribution in [2.45, 2.75) is 13.2 Å². The standard InChI is InChI=1S/C11H12BrN3O/c1-16-8-11-10(12)7-15(14-11)6-9-4-2-3-5-13-9/h2-5,7H,6,8H2,1H3. The van der Waals surface area contributed by atoms with Crippen LogP contribution >= 0.6 is 15.9 Å². The molecule has 2 aromatic heterocycles. The van der Waals surface area contributed by atoms with Gasteiger partial charge >= 0.3 is 0 Å². The van der Waals surface area contributed by atoms with Crippen molar-refractivity contribution in [3.05, 3.63) is 46.5 Å². The molecular formula is C11H12BrN3O. The van der Waals surface area contributed by atoms with E-state index in [-0.39, 0.29) is 0 Å². The number of hydrogen-bond donors (Lipinski definition) is 0. The van der Waals surface area contributed by atoms with Gasteiger partial charge in [0.25, 0.3) is 0 Å². The van der Waals surface area contributed by atoms with Gasteiger partial charge in [0.1, 0.15) is 5.69 Å². The van der Waals surface area contributed by atoms with Crippen molar-refractivity contribution in [3.8, 4) is 0 Å². The molecule has 16 heavy (non-hydrogen) atoms. The van der Waals surface area contributed by atoms with E-state index in [0.717, 1.165) is 15.9 Å². The second kappa shape index (κ2) is 5.23. The van der Waals surface area contributed by atoms with Gasteiger partial charge in [0.05, 0.1) is 23.3 Å². The average Bonchev–Trinajstić information content (AvgIpc) is 2.61. The van der Waals surface area contributed by atoms with Crippen LogP contribution in [0, 0.1) is 0 Å². The van der Waals surface area contributed by atoms with Gasteiger partial charge < -0.3 is 4.74 Å². The normalized spacial score (nSPS) is 10.6. The molecule has 0 spiro atoms. The number of pyridine rings is 1. The number of methoxy groups -OCH3 is 1. The number of halogens is 1. The summed E-state index contributed by atoms with van der Waals surface area (Å²) in [7, 11) is 1.66. The highest BCUT2D eigenvalue weighted by Gasteiger charge is 2.06. The zero-order chi connectivity index (χ0) is 11.4. The number of aromatic nitrogens is 3. The lowest BCUT2D eigenvalue weighted by atomic mass is 10.3. The van der Waals surface area contributed by atoms with Crippen LogP contribution < -0.4 is 0 Å². The Morgan fingerprint density at radius 1 is 1.44 bits per heavy atom. The lowest BCUT2D eigenvalue weighted by Crippen LogP contribution is -2.02. The van der Waals surface area contributed by atoms with Gasteiger partial charge in [-0.3, -0.25) is 9.67 Å². The summed E-state index contributed by atoms with van der Waals surface area (Å²) >= 11 is 3.45. The van der Waals surface area contributed by atoms with Gasteiger partial charge in [-0.05, 0) is 28.1 Å². The molecule has 0 radical (unpaired) electrons. The topological polar surface area (TPSA) is 39.9 Å². The van der Waals surface area contributed by atoms with Gasteiger partial charge in [0.2, 0.25) is 0 Å². The Balaban J connectivity index is 2.13. The summed E-state index contributed by atoms with van der Waals surface area (Å²) in [4.78, 5) is 4.25. The first-order valence-corrected chi connectivity index (χ1v) is 5.69. The van der Waals surface area contributed by atoms with E-state index in [9.17, 15) is 0 Å². The summed E-state index contributed by atoms with van der Waals surface area (Å²) in [6.07, 6.45) is 3.72. The van der Waals surface area contributed by atoms with Crippen LogP contribution in [0.4, 0.5) is 0 Å². The fraction of sp³-hybridized carbons (Fsp3) is 0.273. The summed E-state index contributed by atoms with van der Waals surface area (Å²) < 4.78 is 7.86. The molecule has 0 amide bonds. The molecule has 2 rings (SSSR count). The van der Waals surface area contributed by atoms with E-state index < -0.39 is 0 Å². The third-order valence-corrected chi connectivity index (χ3v) is 2.78. The van der Waals surface area contributed by atoms with Crippen molar-refractivity contribution in [1.29, 1.82) is 0 Å². The fourth-order valence-electron chi connectivity index (χ4n) is 1.41. The summed E-state index contributed by atoms with van der Waals surface area (Å²) in [5.41, 5.74) is 1.89. The summed E-state index contributed by atoms with van der Waals surface area (Å²) in [5, 5.41) is 4.40. The SMILES string of the molecule is COCc1nn(Cc2ccccn2)cc1Br. The van der Waals surface area contributed by atoms with Crippen LogP contribution in [0.1, 0.15) is 11.4 Å². The van der Waals surface area contributed by atoms with Crippen molar-refractivity contribution >= 4 is 15.9 Å². The number of nitrogens with zero attached hydrogens (tertiary/aromatic N) is 3. The molecule has 4 nitrogen and oxygen atoms in total. The predicted octanol–water partition coefficient (Wildman–Crippen LogP) is 2.24. The lowest BCUT2D eigenvalue weighted by molar-refractivity contribution is 0.180. The first kappa shape index (κ1) is 11.3. The quantitative estimate of drug-likeness (QED) is 0.863. The van der Waals surface area contributed by atoms with E-state index in [0.29, 0.717) is 13.2 Å². The van der Waals surface area contributed by atoms with Crippen LogP contribution in [0.5, 0.6) is 0 Å². The Kier molecular flexibility index (Phi) is 3.69. The molecule has 0 fully saturated rings. The third kappa shape index (κ3) is 2.68. The van der Waals surface area contributed by atoms with E-state index in [4.69, 9.17) is 4.74 Å². The molecule has 2 aromatic rings. The zero-order valence-electron chi connectivity index (χ0n) is 8.93. The zero-order valence-corrected chi connectivity index (χ0v) is 10.5. The van der Waals surface area contributed by atoms with Crippen LogP contribution in [-0.4, -0.2) is 21.9 Å². The van der Waals surface area contributed by atoms with Crippen molar-refractivity contribution in [2.75, 3.05) is 7.11 Å². The Labute approximate surface area is 102 Å². The van der Waals surface area contributed by atoms with Gasteiger partial charge in [-0.15, -0.1) is 0 Å². The maximum absolute atomic E-state index is 5.05. The molecule has 0 N–H and O–H groups in total. The molecule has 0 saturated carbocycles. The summed E-state index contributed by atoms with van der Waals surface area (Å²) in [6, 6.07) is 5.85. The molecule has 0 unspecified atom stereocenters. The number of ether oxygens (including phenoxy) is 1. The molecule has 0 aromatic carbocycles. The fourth-order valence-corrected chi connectivity index (χ4v) is 1.84. The maximum Gasteiger partial charge on any atom is 0.102 e. The minimum absolute atomic E-state index is 0.510. The molecule has 0 aliphatic carbocycles. The van der Waals surface area contributed by atoms with Crippen LogP contribution in [0.2, 0.25) is 0 Å². The van der Waals surface area contributed by atoms with Crippen molar-refractivity contribution < 1.29 is 4.74 Å². The lowest BCUT2D eigenvalue weighted by Gasteiger charge is -1.99. The minimum Gasteiger partial charge on any atom is -0.378 e. The largest absolute Gasteiger partial charge is 0.378 e. The van der Waals surface area contributed by atoms with Crippen LogP contribution in [0.3, 0.4) is 0 Å². The van der Waals surface area contributed by atoms with Crippen LogP contribution in [0.25, 0.3) is 0 Å². The molecule has 0 atom stereocenters. The van der Waals surface area contributed by atoms with Crippen LogP contribution in [-0.2, 0) is 17.9 Å². The van der Waals surface area contributed by atoms with Crippen molar-refractivity contribution in [3.63, 3.8) is 0 Å². The van der Waals surface area contributed by atoms with E-state index in [1.165, 1.54) is 0 Å². The molecular weight excluding hydrogens is 270 g/mol. The predicted molar refractivity (Wildman–Crippen MR) is 64.0 cm³/mol. The monoisotopic (exact) mass is 281 g/mol. The minimum atomic E-state index is 0.510. The molecule has 2 heterocycles. The van der Waals surface area contributed by atoms with Gasteiger partial charge in [-0.2, -0.15) is 5.10 Å². The Morgan fingerprint density at radius 3 is 3.00 bits per heavy atom. The molecule has 0 bridgehead atoms. The maximum atomic E-state index is 5.05. The number of hydrogen-bond acceptors (Lipinski definition) is 3. The number of rotatable bonds is 4. The highest BCUT2D eigenvalue weighted by Crippen LogP contribution is 2.16. The highest BCUT2D eigenvalue weighted by atomic mass is 79.9. The van der Waals surface area contributed by atoms with Gasteiger partial charge in [-0.25, -0.2) is 0 Å². The van der Waals surface area contributed by atoms with Gasteiger partial charge in [0.15, 0.2) is 0 Å². The highest BCUT2D eigenvalue weighted by molar-refractivity contribution is 9.10. The van der Waals surface area contributed by atoms with Crippen molar-refractivity contribution in [1.82, 2.24) is 14.8 Å². The summed E-state index contributed by atoms with van der Waals surface area (Å²) in [5.74, 6) is 0. The first-order chi connectivity index (χ1) is 7.79. The molecule has 0 saturated heterocycles. The second-order valence-electron chi connectivity index (χ2n) is 3.38. The Bertz CT molecular complexity index is 456. The van der Waals surface area contributed by atoms with E-state index >= 15 is 0 Å².